The summed E-state index contributed by atoms with van der Waals surface area (Å²) in [7, 11) is 1.37. The Hall–Kier alpha value is -2.69. The second-order valence-corrected chi connectivity index (χ2v) is 5.94. The molecule has 0 amide bonds. The van der Waals surface area contributed by atoms with E-state index in [4.69, 9.17) is 9.47 Å². The van der Waals surface area contributed by atoms with Crippen LogP contribution in [0.3, 0.4) is 0 Å². The molecule has 0 spiro atoms. The molecule has 1 atom stereocenters. The van der Waals surface area contributed by atoms with Crippen LogP contribution in [0.5, 0.6) is 5.75 Å². The Bertz CT molecular complexity index is 798. The van der Waals surface area contributed by atoms with Crippen molar-refractivity contribution in [3.8, 4) is 5.75 Å². The number of halogens is 1. The number of ketones is 1. The molecule has 2 aromatic carbocycles. The number of methoxy groups -OCH3 is 1. The van der Waals surface area contributed by atoms with E-state index in [9.17, 15) is 14.0 Å². The van der Waals surface area contributed by atoms with E-state index < -0.39 is 17.9 Å². The molecule has 132 valence electrons. The Morgan fingerprint density at radius 2 is 1.80 bits per heavy atom. The lowest BCUT2D eigenvalue weighted by Gasteiger charge is -2.13. The van der Waals surface area contributed by atoms with E-state index in [0.29, 0.717) is 11.1 Å². The molecule has 0 unspecified atom stereocenters. The minimum absolute atomic E-state index is 0.107. The van der Waals surface area contributed by atoms with Crippen LogP contribution in [0.4, 0.5) is 4.39 Å². The van der Waals surface area contributed by atoms with Gasteiger partial charge in [-0.25, -0.2) is 4.39 Å². The molecule has 0 aliphatic carbocycles. The van der Waals surface area contributed by atoms with E-state index >= 15 is 0 Å². The van der Waals surface area contributed by atoms with Crippen molar-refractivity contribution in [2.24, 2.45) is 0 Å². The van der Waals surface area contributed by atoms with Gasteiger partial charge in [-0.05, 0) is 55.7 Å². The van der Waals surface area contributed by atoms with Crippen LogP contribution in [0.15, 0.2) is 36.4 Å². The molecule has 0 aliphatic heterocycles. The average molecular weight is 344 g/mol. The van der Waals surface area contributed by atoms with Crippen molar-refractivity contribution in [1.82, 2.24) is 0 Å². The third-order valence-corrected chi connectivity index (χ3v) is 4.03. The second kappa shape index (κ2) is 7.92. The van der Waals surface area contributed by atoms with Crippen LogP contribution in [0, 0.1) is 19.7 Å². The standard InChI is InChI=1S/C20H21FO4/c1-12-5-7-16(9-13(12)2)20(23)14(3)25-19(22)11-15-6-8-18(24-4)17(21)10-15/h5-10,14H,11H2,1-4H3/t14-/m1/s1. The first kappa shape index (κ1) is 18.6. The van der Waals surface area contributed by atoms with E-state index in [1.54, 1.807) is 18.2 Å². The van der Waals surface area contributed by atoms with E-state index in [1.165, 1.54) is 26.2 Å². The largest absolute Gasteiger partial charge is 0.494 e. The molecule has 4 nitrogen and oxygen atoms in total. The first-order valence-electron chi connectivity index (χ1n) is 7.95. The first-order valence-corrected chi connectivity index (χ1v) is 7.95. The van der Waals surface area contributed by atoms with Gasteiger partial charge >= 0.3 is 5.97 Å². The van der Waals surface area contributed by atoms with E-state index in [1.807, 2.05) is 19.9 Å². The molecule has 25 heavy (non-hydrogen) atoms. The number of hydrogen-bond acceptors (Lipinski definition) is 4. The minimum atomic E-state index is -0.905. The molecule has 0 saturated heterocycles. The van der Waals surface area contributed by atoms with Gasteiger partial charge in [-0.2, -0.15) is 0 Å². The maximum Gasteiger partial charge on any atom is 0.310 e. The van der Waals surface area contributed by atoms with Gasteiger partial charge in [0.05, 0.1) is 13.5 Å². The molecule has 0 bridgehead atoms. The maximum atomic E-state index is 13.7. The lowest BCUT2D eigenvalue weighted by molar-refractivity contribution is -0.145. The van der Waals surface area contributed by atoms with Crippen molar-refractivity contribution in [1.29, 1.82) is 0 Å². The Morgan fingerprint density at radius 3 is 2.40 bits per heavy atom. The van der Waals surface area contributed by atoms with Crippen molar-refractivity contribution in [2.45, 2.75) is 33.3 Å². The fraction of sp³-hybridized carbons (Fsp3) is 0.300. The van der Waals surface area contributed by atoms with Crippen LogP contribution >= 0.6 is 0 Å². The molecule has 0 aliphatic rings. The van der Waals surface area contributed by atoms with Gasteiger partial charge in [0.1, 0.15) is 0 Å². The summed E-state index contributed by atoms with van der Waals surface area (Å²) in [6, 6.07) is 9.60. The van der Waals surface area contributed by atoms with E-state index in [0.717, 1.165) is 11.1 Å². The molecular weight excluding hydrogens is 323 g/mol. The number of benzene rings is 2. The third-order valence-electron chi connectivity index (χ3n) is 4.03. The smallest absolute Gasteiger partial charge is 0.310 e. The Morgan fingerprint density at radius 1 is 1.08 bits per heavy atom. The summed E-state index contributed by atoms with van der Waals surface area (Å²) in [6.07, 6.45) is -1.02. The SMILES string of the molecule is COc1ccc(CC(=O)O[C@H](C)C(=O)c2ccc(C)c(C)c2)cc1F. The number of rotatable bonds is 6. The van der Waals surface area contributed by atoms with Crippen molar-refractivity contribution >= 4 is 11.8 Å². The van der Waals surface area contributed by atoms with Crippen LogP contribution in [0.2, 0.25) is 0 Å². The van der Waals surface area contributed by atoms with Gasteiger partial charge in [-0.15, -0.1) is 0 Å². The zero-order valence-electron chi connectivity index (χ0n) is 14.8. The van der Waals surface area contributed by atoms with Gasteiger partial charge in [-0.3, -0.25) is 9.59 Å². The van der Waals surface area contributed by atoms with Crippen molar-refractivity contribution in [3.05, 3.63) is 64.5 Å². The van der Waals surface area contributed by atoms with Crippen LogP contribution in [-0.4, -0.2) is 25.0 Å². The first-order chi connectivity index (χ1) is 11.8. The summed E-state index contributed by atoms with van der Waals surface area (Å²) in [6.45, 7) is 5.41. The molecule has 0 aromatic heterocycles. The topological polar surface area (TPSA) is 52.6 Å². The predicted molar refractivity (Wildman–Crippen MR) is 92.5 cm³/mol. The Kier molecular flexibility index (Phi) is 5.91. The summed E-state index contributed by atoms with van der Waals surface area (Å²) >= 11 is 0. The van der Waals surface area contributed by atoms with Crippen LogP contribution in [0.1, 0.15) is 34.0 Å². The molecule has 2 rings (SSSR count). The van der Waals surface area contributed by atoms with Crippen molar-refractivity contribution in [2.75, 3.05) is 7.11 Å². The lowest BCUT2D eigenvalue weighted by atomic mass is 10.0. The number of aryl methyl sites for hydroxylation is 2. The van der Waals surface area contributed by atoms with Crippen LogP contribution in [-0.2, 0) is 16.0 Å². The average Bonchev–Trinajstić information content (AvgIpc) is 2.56. The molecule has 0 radical (unpaired) electrons. The van der Waals surface area contributed by atoms with Gasteiger partial charge in [0, 0.05) is 5.56 Å². The molecule has 0 saturated carbocycles. The highest BCUT2D eigenvalue weighted by Crippen LogP contribution is 2.18. The zero-order valence-corrected chi connectivity index (χ0v) is 14.8. The highest BCUT2D eigenvalue weighted by molar-refractivity contribution is 6.00. The van der Waals surface area contributed by atoms with Gasteiger partial charge in [0.2, 0.25) is 5.78 Å². The summed E-state index contributed by atoms with van der Waals surface area (Å²) in [5, 5.41) is 0. The lowest BCUT2D eigenvalue weighted by Crippen LogP contribution is -2.25. The summed E-state index contributed by atoms with van der Waals surface area (Å²) in [4.78, 5) is 24.4. The number of esters is 1. The molecule has 0 heterocycles. The fourth-order valence-electron chi connectivity index (χ4n) is 2.41. The number of Topliss-reactive ketones (excluding diaryl/α,β-unsaturated/α-hetero) is 1. The van der Waals surface area contributed by atoms with Gasteiger partial charge in [0.15, 0.2) is 17.7 Å². The molecule has 0 N–H and O–H groups in total. The van der Waals surface area contributed by atoms with Crippen molar-refractivity contribution < 1.29 is 23.5 Å². The summed E-state index contributed by atoms with van der Waals surface area (Å²) < 4.78 is 23.7. The highest BCUT2D eigenvalue weighted by atomic mass is 19.1. The van der Waals surface area contributed by atoms with Gasteiger partial charge in [-0.1, -0.05) is 18.2 Å². The Labute approximate surface area is 146 Å². The molecule has 0 fully saturated rings. The fourth-order valence-corrected chi connectivity index (χ4v) is 2.41. The quantitative estimate of drug-likeness (QED) is 0.591. The number of ether oxygens (including phenoxy) is 2. The van der Waals surface area contributed by atoms with Gasteiger partial charge < -0.3 is 9.47 Å². The van der Waals surface area contributed by atoms with E-state index in [-0.39, 0.29) is 18.0 Å². The number of hydrogen-bond donors (Lipinski definition) is 0. The second-order valence-electron chi connectivity index (χ2n) is 5.94. The summed E-state index contributed by atoms with van der Waals surface area (Å²) in [5.41, 5.74) is 3.04. The number of carbonyl (C=O) groups is 2. The molecule has 2 aromatic rings. The highest BCUT2D eigenvalue weighted by Gasteiger charge is 2.20. The molecular formula is C20H21FO4. The summed E-state index contributed by atoms with van der Waals surface area (Å²) in [5.74, 6) is -1.30. The van der Waals surface area contributed by atoms with Gasteiger partial charge in [0.25, 0.3) is 0 Å². The molecule has 5 heteroatoms. The normalized spacial score (nSPS) is 11.7. The van der Waals surface area contributed by atoms with Crippen LogP contribution < -0.4 is 4.74 Å². The zero-order chi connectivity index (χ0) is 18.6. The third kappa shape index (κ3) is 4.66. The van der Waals surface area contributed by atoms with Crippen LogP contribution in [0.25, 0.3) is 0 Å². The number of carbonyl (C=O) groups excluding carboxylic acids is 2. The van der Waals surface area contributed by atoms with Crippen molar-refractivity contribution in [3.63, 3.8) is 0 Å². The maximum absolute atomic E-state index is 13.7. The monoisotopic (exact) mass is 344 g/mol. The van der Waals surface area contributed by atoms with E-state index in [2.05, 4.69) is 0 Å². The minimum Gasteiger partial charge on any atom is -0.494 e. The predicted octanol–water partition coefficient (Wildman–Crippen LogP) is 3.81. The Balaban J connectivity index is 2.00.